The summed E-state index contributed by atoms with van der Waals surface area (Å²) < 4.78 is 0. The van der Waals surface area contributed by atoms with Crippen molar-refractivity contribution < 1.29 is 5.11 Å². The molecule has 90 valence electrons. The molecule has 1 aromatic heterocycles. The highest BCUT2D eigenvalue weighted by molar-refractivity contribution is 7.07. The van der Waals surface area contributed by atoms with Crippen molar-refractivity contribution in [3.63, 3.8) is 0 Å². The standard InChI is InChI=1S/C13H16N2OS/c1-2-14-12(13-8-17-9-15-13)7-10-4-3-5-11(16)6-10/h3-6,8-9,12,14,16H,2,7H2,1H3. The average Bonchev–Trinajstić information content (AvgIpc) is 2.82. The summed E-state index contributed by atoms with van der Waals surface area (Å²) in [5, 5.41) is 14.9. The molecule has 2 aromatic rings. The van der Waals surface area contributed by atoms with Gasteiger partial charge in [-0.2, -0.15) is 0 Å². The number of aromatic hydroxyl groups is 1. The molecule has 0 aliphatic rings. The molecule has 0 saturated carbocycles. The molecule has 3 nitrogen and oxygen atoms in total. The van der Waals surface area contributed by atoms with E-state index >= 15 is 0 Å². The van der Waals surface area contributed by atoms with Gasteiger partial charge in [0.05, 0.1) is 17.2 Å². The van der Waals surface area contributed by atoms with Crippen molar-refractivity contribution in [2.45, 2.75) is 19.4 Å². The van der Waals surface area contributed by atoms with Crippen molar-refractivity contribution in [2.24, 2.45) is 0 Å². The largest absolute Gasteiger partial charge is 0.508 e. The van der Waals surface area contributed by atoms with E-state index in [9.17, 15) is 5.11 Å². The lowest BCUT2D eigenvalue weighted by molar-refractivity contribution is 0.473. The van der Waals surface area contributed by atoms with Crippen LogP contribution in [0.4, 0.5) is 0 Å². The number of thiazole rings is 1. The van der Waals surface area contributed by atoms with Crippen LogP contribution in [0.5, 0.6) is 5.75 Å². The summed E-state index contributed by atoms with van der Waals surface area (Å²) >= 11 is 1.61. The van der Waals surface area contributed by atoms with Crippen LogP contribution < -0.4 is 5.32 Å². The maximum Gasteiger partial charge on any atom is 0.115 e. The maximum absolute atomic E-state index is 9.45. The quantitative estimate of drug-likeness (QED) is 0.855. The summed E-state index contributed by atoms with van der Waals surface area (Å²) in [6, 6.07) is 7.60. The summed E-state index contributed by atoms with van der Waals surface area (Å²) in [6.07, 6.45) is 0.839. The number of aromatic nitrogens is 1. The van der Waals surface area contributed by atoms with Gasteiger partial charge < -0.3 is 10.4 Å². The lowest BCUT2D eigenvalue weighted by Gasteiger charge is -2.15. The van der Waals surface area contributed by atoms with E-state index in [1.807, 2.05) is 17.6 Å². The lowest BCUT2D eigenvalue weighted by atomic mass is 10.0. The number of phenolic OH excluding ortho intramolecular Hbond substituents is 1. The highest BCUT2D eigenvalue weighted by Crippen LogP contribution is 2.20. The Balaban J connectivity index is 2.13. The molecule has 1 heterocycles. The van der Waals surface area contributed by atoms with Gasteiger partial charge in [-0.1, -0.05) is 19.1 Å². The van der Waals surface area contributed by atoms with E-state index in [0.29, 0.717) is 5.75 Å². The zero-order chi connectivity index (χ0) is 12.1. The van der Waals surface area contributed by atoms with Crippen LogP contribution in [0.15, 0.2) is 35.2 Å². The van der Waals surface area contributed by atoms with Crippen LogP contribution in [-0.4, -0.2) is 16.6 Å². The Morgan fingerprint density at radius 3 is 3.00 bits per heavy atom. The Morgan fingerprint density at radius 2 is 2.35 bits per heavy atom. The van der Waals surface area contributed by atoms with Gasteiger partial charge in [0.1, 0.15) is 5.75 Å². The highest BCUT2D eigenvalue weighted by Gasteiger charge is 2.13. The van der Waals surface area contributed by atoms with Gasteiger partial charge in [0.2, 0.25) is 0 Å². The number of hydrogen-bond donors (Lipinski definition) is 2. The van der Waals surface area contributed by atoms with E-state index in [1.54, 1.807) is 23.5 Å². The average molecular weight is 248 g/mol. The van der Waals surface area contributed by atoms with E-state index in [1.165, 1.54) is 0 Å². The maximum atomic E-state index is 9.45. The molecule has 2 N–H and O–H groups in total. The first kappa shape index (κ1) is 12.1. The number of hydrogen-bond acceptors (Lipinski definition) is 4. The number of nitrogens with one attached hydrogen (secondary N) is 1. The van der Waals surface area contributed by atoms with Crippen LogP contribution in [0.2, 0.25) is 0 Å². The van der Waals surface area contributed by atoms with E-state index < -0.39 is 0 Å². The van der Waals surface area contributed by atoms with Gasteiger partial charge in [-0.25, -0.2) is 4.98 Å². The van der Waals surface area contributed by atoms with Crippen molar-refractivity contribution in [3.8, 4) is 5.75 Å². The van der Waals surface area contributed by atoms with Crippen molar-refractivity contribution in [3.05, 3.63) is 46.4 Å². The molecule has 1 aromatic carbocycles. The zero-order valence-corrected chi connectivity index (χ0v) is 10.6. The number of rotatable bonds is 5. The van der Waals surface area contributed by atoms with Crippen LogP contribution in [0.3, 0.4) is 0 Å². The fraction of sp³-hybridized carbons (Fsp3) is 0.308. The van der Waals surface area contributed by atoms with E-state index in [-0.39, 0.29) is 6.04 Å². The van der Waals surface area contributed by atoms with E-state index in [2.05, 4.69) is 22.6 Å². The predicted molar refractivity (Wildman–Crippen MR) is 70.3 cm³/mol. The molecule has 0 aliphatic carbocycles. The molecule has 4 heteroatoms. The van der Waals surface area contributed by atoms with Gasteiger partial charge in [0.15, 0.2) is 0 Å². The van der Waals surface area contributed by atoms with Crippen LogP contribution in [0, 0.1) is 0 Å². The monoisotopic (exact) mass is 248 g/mol. The van der Waals surface area contributed by atoms with Gasteiger partial charge in [0.25, 0.3) is 0 Å². The normalized spacial score (nSPS) is 12.5. The Morgan fingerprint density at radius 1 is 1.47 bits per heavy atom. The third-order valence-corrected chi connectivity index (χ3v) is 3.21. The Labute approximate surface area is 105 Å². The SMILES string of the molecule is CCNC(Cc1cccc(O)c1)c1cscn1. The molecule has 0 aliphatic heterocycles. The minimum Gasteiger partial charge on any atom is -0.508 e. The topological polar surface area (TPSA) is 45.1 Å². The Kier molecular flexibility index (Phi) is 4.12. The molecule has 1 atom stereocenters. The first-order valence-corrected chi connectivity index (χ1v) is 6.63. The molecule has 0 amide bonds. The molecule has 17 heavy (non-hydrogen) atoms. The van der Waals surface area contributed by atoms with E-state index in [0.717, 1.165) is 24.2 Å². The lowest BCUT2D eigenvalue weighted by Crippen LogP contribution is -2.23. The van der Waals surface area contributed by atoms with Crippen LogP contribution in [0.25, 0.3) is 0 Å². The fourth-order valence-corrected chi connectivity index (χ4v) is 2.45. The molecule has 0 spiro atoms. The highest BCUT2D eigenvalue weighted by atomic mass is 32.1. The third kappa shape index (κ3) is 3.28. The number of nitrogens with zero attached hydrogens (tertiary/aromatic N) is 1. The summed E-state index contributed by atoms with van der Waals surface area (Å²) in [5.41, 5.74) is 4.03. The van der Waals surface area contributed by atoms with Crippen molar-refractivity contribution in [2.75, 3.05) is 6.54 Å². The summed E-state index contributed by atoms with van der Waals surface area (Å²) in [7, 11) is 0. The summed E-state index contributed by atoms with van der Waals surface area (Å²) in [6.45, 7) is 2.99. The minimum atomic E-state index is 0.216. The molecule has 1 unspecified atom stereocenters. The van der Waals surface area contributed by atoms with Crippen LogP contribution >= 0.6 is 11.3 Å². The first-order chi connectivity index (χ1) is 8.29. The third-order valence-electron chi connectivity index (χ3n) is 2.61. The van der Waals surface area contributed by atoms with Gasteiger partial charge in [-0.05, 0) is 30.7 Å². The number of likely N-dealkylation sites (N-methyl/N-ethyl adjacent to an activating group) is 1. The van der Waals surface area contributed by atoms with Crippen molar-refractivity contribution in [1.29, 1.82) is 0 Å². The van der Waals surface area contributed by atoms with Crippen LogP contribution in [0.1, 0.15) is 24.2 Å². The van der Waals surface area contributed by atoms with E-state index in [4.69, 9.17) is 0 Å². The number of phenols is 1. The molecular formula is C13H16N2OS. The zero-order valence-electron chi connectivity index (χ0n) is 9.76. The molecule has 0 bridgehead atoms. The van der Waals surface area contributed by atoms with Crippen LogP contribution in [-0.2, 0) is 6.42 Å². The second-order valence-electron chi connectivity index (χ2n) is 3.90. The van der Waals surface area contributed by atoms with Gasteiger partial charge >= 0.3 is 0 Å². The molecule has 0 radical (unpaired) electrons. The minimum absolute atomic E-state index is 0.216. The molecule has 0 fully saturated rings. The van der Waals surface area contributed by atoms with Gasteiger partial charge in [0, 0.05) is 5.38 Å². The van der Waals surface area contributed by atoms with Gasteiger partial charge in [-0.15, -0.1) is 11.3 Å². The smallest absolute Gasteiger partial charge is 0.115 e. The van der Waals surface area contributed by atoms with Gasteiger partial charge in [-0.3, -0.25) is 0 Å². The predicted octanol–water partition coefficient (Wildman–Crippen LogP) is 2.74. The Hall–Kier alpha value is -1.39. The first-order valence-electron chi connectivity index (χ1n) is 5.69. The second kappa shape index (κ2) is 5.80. The fourth-order valence-electron chi connectivity index (χ4n) is 1.84. The molecule has 0 saturated heterocycles. The molecule has 2 rings (SSSR count). The Bertz CT molecular complexity index is 456. The molecular weight excluding hydrogens is 232 g/mol. The number of benzene rings is 1. The van der Waals surface area contributed by atoms with Crippen molar-refractivity contribution in [1.82, 2.24) is 10.3 Å². The summed E-state index contributed by atoms with van der Waals surface area (Å²) in [4.78, 5) is 4.35. The van der Waals surface area contributed by atoms with Crippen molar-refractivity contribution >= 4 is 11.3 Å². The summed E-state index contributed by atoms with van der Waals surface area (Å²) in [5.74, 6) is 0.316. The second-order valence-corrected chi connectivity index (χ2v) is 4.62.